The van der Waals surface area contributed by atoms with Crippen molar-refractivity contribution in [3.63, 3.8) is 0 Å². The zero-order valence-corrected chi connectivity index (χ0v) is 19.4. The van der Waals surface area contributed by atoms with Crippen LogP contribution in [0.1, 0.15) is 5.56 Å². The second kappa shape index (κ2) is 10.5. The maximum absolute atomic E-state index is 13.7. The van der Waals surface area contributed by atoms with E-state index in [4.69, 9.17) is 4.74 Å². The lowest BCUT2D eigenvalue weighted by Crippen LogP contribution is -2.46. The molecule has 4 rings (SSSR count). The number of thioether (sulfide) groups is 1. The Balaban J connectivity index is 1.30. The normalized spacial score (nSPS) is 13.7. The molecule has 7 nitrogen and oxygen atoms in total. The third kappa shape index (κ3) is 5.92. The average molecular weight is 468 g/mol. The number of aromatic nitrogens is 2. The summed E-state index contributed by atoms with van der Waals surface area (Å²) in [6.45, 7) is 5.08. The number of rotatable bonds is 7. The van der Waals surface area contributed by atoms with Crippen molar-refractivity contribution >= 4 is 34.9 Å². The highest BCUT2D eigenvalue weighted by Gasteiger charge is 2.19. The molecule has 3 aromatic rings. The first-order valence-electron chi connectivity index (χ1n) is 10.7. The molecule has 0 bridgehead atoms. The van der Waals surface area contributed by atoms with E-state index in [0.717, 1.165) is 43.4 Å². The predicted molar refractivity (Wildman–Crippen MR) is 130 cm³/mol. The van der Waals surface area contributed by atoms with Crippen molar-refractivity contribution < 1.29 is 13.9 Å². The number of methoxy groups -OCH3 is 1. The van der Waals surface area contributed by atoms with E-state index < -0.39 is 0 Å². The smallest absolute Gasteiger partial charge is 0.234 e. The number of amides is 1. The van der Waals surface area contributed by atoms with Gasteiger partial charge in [0.15, 0.2) is 5.16 Å². The fourth-order valence-corrected chi connectivity index (χ4v) is 4.20. The lowest BCUT2D eigenvalue weighted by Gasteiger charge is -2.36. The fraction of sp³-hybridized carbons (Fsp3) is 0.292. The molecular weight excluding hydrogens is 441 g/mol. The Morgan fingerprint density at radius 3 is 2.67 bits per heavy atom. The van der Waals surface area contributed by atoms with Crippen LogP contribution >= 0.6 is 11.8 Å². The quantitative estimate of drug-likeness (QED) is 0.416. The summed E-state index contributed by atoms with van der Waals surface area (Å²) in [6, 6.07) is 14.6. The number of anilines is 3. The van der Waals surface area contributed by atoms with Crippen LogP contribution in [0.25, 0.3) is 0 Å². The zero-order valence-electron chi connectivity index (χ0n) is 18.6. The molecule has 9 heteroatoms. The van der Waals surface area contributed by atoms with Crippen molar-refractivity contribution in [2.75, 3.05) is 54.2 Å². The van der Waals surface area contributed by atoms with E-state index in [1.54, 1.807) is 32.4 Å². The van der Waals surface area contributed by atoms with Crippen LogP contribution in [0.2, 0.25) is 0 Å². The largest absolute Gasteiger partial charge is 0.497 e. The van der Waals surface area contributed by atoms with Crippen LogP contribution in [0.15, 0.2) is 59.9 Å². The van der Waals surface area contributed by atoms with Crippen LogP contribution in [0.3, 0.4) is 0 Å². The number of aryl methyl sites for hydroxylation is 1. The number of halogens is 1. The van der Waals surface area contributed by atoms with Crippen molar-refractivity contribution in [3.05, 3.63) is 66.1 Å². The number of nitrogens with one attached hydrogen (secondary N) is 1. The van der Waals surface area contributed by atoms with Gasteiger partial charge in [0.1, 0.15) is 17.4 Å². The Hall–Kier alpha value is -3.33. The van der Waals surface area contributed by atoms with Crippen LogP contribution in [0.4, 0.5) is 21.6 Å². The number of benzene rings is 2. The number of carbonyl (C=O) groups excluding carboxylic acids is 1. The Kier molecular flexibility index (Phi) is 7.29. The second-order valence-electron chi connectivity index (χ2n) is 7.67. The first-order chi connectivity index (χ1) is 16.0. The lowest BCUT2D eigenvalue weighted by atomic mass is 10.2. The van der Waals surface area contributed by atoms with E-state index in [1.807, 2.05) is 24.3 Å². The maximum atomic E-state index is 13.7. The van der Waals surface area contributed by atoms with E-state index >= 15 is 0 Å². The molecule has 2 heterocycles. The fourth-order valence-electron chi connectivity index (χ4n) is 3.58. The maximum Gasteiger partial charge on any atom is 0.234 e. The lowest BCUT2D eigenvalue weighted by molar-refractivity contribution is -0.113. The van der Waals surface area contributed by atoms with Gasteiger partial charge in [-0.2, -0.15) is 0 Å². The van der Waals surface area contributed by atoms with E-state index in [1.165, 1.54) is 17.8 Å². The molecule has 0 aliphatic carbocycles. The van der Waals surface area contributed by atoms with Crippen LogP contribution in [-0.2, 0) is 4.79 Å². The van der Waals surface area contributed by atoms with E-state index in [-0.39, 0.29) is 17.5 Å². The Morgan fingerprint density at radius 2 is 1.91 bits per heavy atom. The molecule has 0 unspecified atom stereocenters. The van der Waals surface area contributed by atoms with Gasteiger partial charge in [0.25, 0.3) is 0 Å². The molecule has 1 fully saturated rings. The average Bonchev–Trinajstić information content (AvgIpc) is 2.85. The molecule has 0 radical (unpaired) electrons. The van der Waals surface area contributed by atoms with Gasteiger partial charge in [-0.15, -0.1) is 0 Å². The SMILES string of the molecule is COc1cccc(N2CCN(c3ccnc(SCC(=O)Nc4ccc(C)c(F)c4)n3)CC2)c1. The summed E-state index contributed by atoms with van der Waals surface area (Å²) in [5.74, 6) is 1.26. The Labute approximate surface area is 197 Å². The first-order valence-corrected chi connectivity index (χ1v) is 11.7. The minimum atomic E-state index is -0.344. The highest BCUT2D eigenvalue weighted by molar-refractivity contribution is 7.99. The standard InChI is InChI=1S/C24H26FN5O2S/c1-17-6-7-18(14-21(17)25)27-23(31)16-33-24-26-9-8-22(28-24)30-12-10-29(11-13-30)19-4-3-5-20(15-19)32-2/h3-9,14-15H,10-13,16H2,1-2H3,(H,27,31). The van der Waals surface area contributed by atoms with Crippen molar-refractivity contribution in [2.24, 2.45) is 0 Å². The molecule has 1 N–H and O–H groups in total. The van der Waals surface area contributed by atoms with E-state index in [0.29, 0.717) is 16.4 Å². The predicted octanol–water partition coefficient (Wildman–Crippen LogP) is 3.99. The second-order valence-corrected chi connectivity index (χ2v) is 8.62. The molecule has 0 spiro atoms. The molecule has 0 atom stereocenters. The van der Waals surface area contributed by atoms with Gasteiger partial charge in [0.05, 0.1) is 12.9 Å². The number of hydrogen-bond donors (Lipinski definition) is 1. The molecule has 2 aromatic carbocycles. The van der Waals surface area contributed by atoms with Crippen molar-refractivity contribution in [1.82, 2.24) is 9.97 Å². The Bertz CT molecular complexity index is 1120. The van der Waals surface area contributed by atoms with Gasteiger partial charge in [0, 0.05) is 49.8 Å². The summed E-state index contributed by atoms with van der Waals surface area (Å²) in [4.78, 5) is 25.7. The highest BCUT2D eigenvalue weighted by Crippen LogP contribution is 2.24. The summed E-state index contributed by atoms with van der Waals surface area (Å²) in [6.07, 6.45) is 1.71. The number of nitrogens with zero attached hydrogens (tertiary/aromatic N) is 4. The third-order valence-corrected chi connectivity index (χ3v) is 6.29. The number of ether oxygens (including phenoxy) is 1. The molecule has 1 aliphatic heterocycles. The summed E-state index contributed by atoms with van der Waals surface area (Å²) >= 11 is 1.26. The first kappa shape index (κ1) is 22.8. The van der Waals surface area contributed by atoms with Gasteiger partial charge in [-0.25, -0.2) is 14.4 Å². The molecule has 0 saturated carbocycles. The summed E-state index contributed by atoms with van der Waals surface area (Å²) in [5, 5.41) is 3.24. The third-order valence-electron chi connectivity index (χ3n) is 5.43. The van der Waals surface area contributed by atoms with Crippen molar-refractivity contribution in [3.8, 4) is 5.75 Å². The van der Waals surface area contributed by atoms with Crippen LogP contribution < -0.4 is 19.9 Å². The van der Waals surface area contributed by atoms with Crippen LogP contribution in [0, 0.1) is 12.7 Å². The van der Waals surface area contributed by atoms with Crippen LogP contribution in [-0.4, -0.2) is 54.9 Å². The van der Waals surface area contributed by atoms with Gasteiger partial charge in [-0.05, 0) is 42.8 Å². The minimum absolute atomic E-state index is 0.141. The topological polar surface area (TPSA) is 70.6 Å². The highest BCUT2D eigenvalue weighted by atomic mass is 32.2. The van der Waals surface area contributed by atoms with Crippen molar-refractivity contribution in [2.45, 2.75) is 12.1 Å². The molecule has 1 aromatic heterocycles. The molecule has 1 aliphatic rings. The van der Waals surface area contributed by atoms with Crippen LogP contribution in [0.5, 0.6) is 5.75 Å². The zero-order chi connectivity index (χ0) is 23.2. The molecule has 172 valence electrons. The van der Waals surface area contributed by atoms with Gasteiger partial charge in [-0.3, -0.25) is 4.79 Å². The number of carbonyl (C=O) groups is 1. The van der Waals surface area contributed by atoms with Crippen molar-refractivity contribution in [1.29, 1.82) is 0 Å². The van der Waals surface area contributed by atoms with Gasteiger partial charge in [0.2, 0.25) is 5.91 Å². The Morgan fingerprint density at radius 1 is 1.12 bits per heavy atom. The summed E-state index contributed by atoms with van der Waals surface area (Å²) in [7, 11) is 1.67. The van der Waals surface area contributed by atoms with Gasteiger partial charge < -0.3 is 19.9 Å². The molecule has 1 saturated heterocycles. The van der Waals surface area contributed by atoms with Gasteiger partial charge >= 0.3 is 0 Å². The van der Waals surface area contributed by atoms with Gasteiger partial charge in [-0.1, -0.05) is 23.9 Å². The number of hydrogen-bond acceptors (Lipinski definition) is 7. The number of piperazine rings is 1. The summed E-state index contributed by atoms with van der Waals surface area (Å²) < 4.78 is 19.0. The molecule has 33 heavy (non-hydrogen) atoms. The minimum Gasteiger partial charge on any atom is -0.497 e. The van der Waals surface area contributed by atoms with E-state index in [2.05, 4.69) is 31.2 Å². The molecule has 1 amide bonds. The summed E-state index contributed by atoms with van der Waals surface area (Å²) in [5.41, 5.74) is 2.12. The molecular formula is C24H26FN5O2S. The van der Waals surface area contributed by atoms with E-state index in [9.17, 15) is 9.18 Å². The monoisotopic (exact) mass is 467 g/mol.